The highest BCUT2D eigenvalue weighted by Gasteiger charge is 2.26. The predicted octanol–water partition coefficient (Wildman–Crippen LogP) is 4.93. The number of carbonyl (C=O) groups excluding carboxylic acids is 1. The van der Waals surface area contributed by atoms with Gasteiger partial charge in [0.1, 0.15) is 11.6 Å². The molecule has 0 aliphatic carbocycles. The standard InChI is InChI=1S/C22H23Cl2N5O/c1-2-18-20(22(30)27-28-12-6-3-7-13-28)26-21(16-8-4-5-9-17(16)24)29(18)19-11-10-15(23)14-25-19/h4-5,8-11,14H,2-3,6-7,12-13H2,1H3,(H,27,30). The quantitative estimate of drug-likeness (QED) is 0.606. The molecule has 1 N–H and O–H groups in total. The maximum atomic E-state index is 13.2. The van der Waals surface area contributed by atoms with Crippen molar-refractivity contribution in [1.29, 1.82) is 0 Å². The number of nitrogens with one attached hydrogen (secondary N) is 1. The van der Waals surface area contributed by atoms with Gasteiger partial charge in [-0.05, 0) is 43.5 Å². The van der Waals surface area contributed by atoms with E-state index in [1.54, 1.807) is 12.3 Å². The van der Waals surface area contributed by atoms with Gasteiger partial charge in [-0.1, -0.05) is 48.7 Å². The van der Waals surface area contributed by atoms with Crippen LogP contribution in [0, 0.1) is 0 Å². The molecular formula is C22H23Cl2N5O. The number of hydrazine groups is 1. The summed E-state index contributed by atoms with van der Waals surface area (Å²) in [6.45, 7) is 3.70. The van der Waals surface area contributed by atoms with E-state index in [0.29, 0.717) is 33.8 Å². The first-order valence-corrected chi connectivity index (χ1v) is 10.9. The van der Waals surface area contributed by atoms with Gasteiger partial charge < -0.3 is 0 Å². The average molecular weight is 444 g/mol. The normalized spacial score (nSPS) is 14.6. The lowest BCUT2D eigenvalue weighted by Gasteiger charge is -2.26. The lowest BCUT2D eigenvalue weighted by molar-refractivity contribution is 0.0744. The Bertz CT molecular complexity index is 1040. The van der Waals surface area contributed by atoms with Crippen LogP contribution < -0.4 is 5.43 Å². The molecule has 1 saturated heterocycles. The molecule has 0 atom stereocenters. The van der Waals surface area contributed by atoms with Crippen LogP contribution >= 0.6 is 23.2 Å². The third-order valence-corrected chi connectivity index (χ3v) is 5.75. The third kappa shape index (κ3) is 4.21. The number of imidazole rings is 1. The zero-order valence-corrected chi connectivity index (χ0v) is 18.2. The Balaban J connectivity index is 1.83. The summed E-state index contributed by atoms with van der Waals surface area (Å²) in [6, 6.07) is 11.1. The van der Waals surface area contributed by atoms with E-state index in [0.717, 1.165) is 37.2 Å². The van der Waals surface area contributed by atoms with Crippen molar-refractivity contribution in [3.63, 3.8) is 0 Å². The van der Waals surface area contributed by atoms with Gasteiger partial charge in [-0.3, -0.25) is 14.8 Å². The highest BCUT2D eigenvalue weighted by molar-refractivity contribution is 6.33. The number of amides is 1. The van der Waals surface area contributed by atoms with Gasteiger partial charge in [0.25, 0.3) is 5.91 Å². The second-order valence-corrected chi connectivity index (χ2v) is 8.07. The summed E-state index contributed by atoms with van der Waals surface area (Å²) in [6.07, 6.45) is 5.54. The third-order valence-electron chi connectivity index (χ3n) is 5.19. The molecule has 0 radical (unpaired) electrons. The number of hydrogen-bond acceptors (Lipinski definition) is 4. The minimum atomic E-state index is -0.213. The number of pyridine rings is 1. The van der Waals surface area contributed by atoms with Crippen LogP contribution in [0.4, 0.5) is 0 Å². The van der Waals surface area contributed by atoms with E-state index in [-0.39, 0.29) is 5.91 Å². The fourth-order valence-corrected chi connectivity index (χ4v) is 4.07. The lowest BCUT2D eigenvalue weighted by Crippen LogP contribution is -2.45. The molecule has 3 aromatic rings. The molecule has 4 rings (SSSR count). The molecule has 1 amide bonds. The Labute approximate surface area is 185 Å². The fourth-order valence-electron chi connectivity index (χ4n) is 3.73. The smallest absolute Gasteiger partial charge is 0.283 e. The first kappa shape index (κ1) is 20.8. The molecule has 0 unspecified atom stereocenters. The summed E-state index contributed by atoms with van der Waals surface area (Å²) >= 11 is 12.5. The van der Waals surface area contributed by atoms with E-state index in [2.05, 4.69) is 10.4 Å². The second-order valence-electron chi connectivity index (χ2n) is 7.22. The summed E-state index contributed by atoms with van der Waals surface area (Å²) in [5.41, 5.74) is 4.92. The Morgan fingerprint density at radius 2 is 1.87 bits per heavy atom. The molecule has 0 bridgehead atoms. The van der Waals surface area contributed by atoms with Crippen molar-refractivity contribution in [2.45, 2.75) is 32.6 Å². The Kier molecular flexibility index (Phi) is 6.37. The summed E-state index contributed by atoms with van der Waals surface area (Å²) in [4.78, 5) is 22.4. The molecule has 3 heterocycles. The summed E-state index contributed by atoms with van der Waals surface area (Å²) in [7, 11) is 0. The largest absolute Gasteiger partial charge is 0.286 e. The highest BCUT2D eigenvalue weighted by atomic mass is 35.5. The van der Waals surface area contributed by atoms with Crippen LogP contribution in [0.2, 0.25) is 10.0 Å². The monoisotopic (exact) mass is 443 g/mol. The number of rotatable bonds is 5. The second kappa shape index (κ2) is 9.16. The SMILES string of the molecule is CCc1c(C(=O)NN2CCCCC2)nc(-c2ccccc2Cl)n1-c1ccc(Cl)cn1. The topological polar surface area (TPSA) is 63.1 Å². The van der Waals surface area contributed by atoms with E-state index in [1.165, 1.54) is 6.42 Å². The van der Waals surface area contributed by atoms with Crippen molar-refractivity contribution in [2.24, 2.45) is 0 Å². The molecule has 156 valence electrons. The van der Waals surface area contributed by atoms with Crippen LogP contribution in [0.5, 0.6) is 0 Å². The van der Waals surface area contributed by atoms with Gasteiger partial charge in [-0.15, -0.1) is 0 Å². The van der Waals surface area contributed by atoms with Gasteiger partial charge in [-0.25, -0.2) is 15.0 Å². The van der Waals surface area contributed by atoms with Crippen molar-refractivity contribution in [3.8, 4) is 17.2 Å². The lowest BCUT2D eigenvalue weighted by atomic mass is 10.2. The van der Waals surface area contributed by atoms with E-state index < -0.39 is 0 Å². The number of carbonyl (C=O) groups is 1. The molecule has 6 nitrogen and oxygen atoms in total. The van der Waals surface area contributed by atoms with Gasteiger partial charge in [0.2, 0.25) is 0 Å². The van der Waals surface area contributed by atoms with E-state index in [9.17, 15) is 4.79 Å². The number of benzene rings is 1. The van der Waals surface area contributed by atoms with Crippen LogP contribution in [-0.4, -0.2) is 38.5 Å². The minimum Gasteiger partial charge on any atom is -0.283 e. The molecule has 2 aromatic heterocycles. The van der Waals surface area contributed by atoms with E-state index in [4.69, 9.17) is 28.2 Å². The van der Waals surface area contributed by atoms with Crippen molar-refractivity contribution in [3.05, 3.63) is 64.0 Å². The molecule has 30 heavy (non-hydrogen) atoms. The maximum absolute atomic E-state index is 13.2. The predicted molar refractivity (Wildman–Crippen MR) is 119 cm³/mol. The zero-order valence-electron chi connectivity index (χ0n) is 16.7. The highest BCUT2D eigenvalue weighted by Crippen LogP contribution is 2.31. The van der Waals surface area contributed by atoms with Gasteiger partial charge in [0.05, 0.1) is 15.7 Å². The average Bonchev–Trinajstić information content (AvgIpc) is 3.15. The van der Waals surface area contributed by atoms with Crippen LogP contribution in [0.1, 0.15) is 42.4 Å². The molecule has 1 aliphatic heterocycles. The summed E-state index contributed by atoms with van der Waals surface area (Å²) in [5.74, 6) is 1.00. The van der Waals surface area contributed by atoms with Crippen molar-refractivity contribution in [1.82, 2.24) is 25.0 Å². The van der Waals surface area contributed by atoms with Crippen molar-refractivity contribution in [2.75, 3.05) is 13.1 Å². The molecule has 0 saturated carbocycles. The molecule has 1 aromatic carbocycles. The number of aromatic nitrogens is 3. The van der Waals surface area contributed by atoms with Crippen molar-refractivity contribution < 1.29 is 4.79 Å². The van der Waals surface area contributed by atoms with Crippen LogP contribution in [0.15, 0.2) is 42.6 Å². The number of nitrogens with zero attached hydrogens (tertiary/aromatic N) is 4. The first-order chi connectivity index (χ1) is 14.6. The van der Waals surface area contributed by atoms with E-state index >= 15 is 0 Å². The number of halogens is 2. The zero-order chi connectivity index (χ0) is 21.1. The molecule has 1 aliphatic rings. The molecular weight excluding hydrogens is 421 g/mol. The molecule has 8 heteroatoms. The summed E-state index contributed by atoms with van der Waals surface area (Å²) < 4.78 is 1.89. The number of hydrogen-bond donors (Lipinski definition) is 1. The minimum absolute atomic E-state index is 0.213. The maximum Gasteiger partial charge on any atom is 0.286 e. The number of piperidine rings is 1. The van der Waals surface area contributed by atoms with Crippen molar-refractivity contribution >= 4 is 29.1 Å². The fraction of sp³-hybridized carbons (Fsp3) is 0.318. The van der Waals surface area contributed by atoms with Gasteiger partial charge >= 0.3 is 0 Å². The molecule has 0 spiro atoms. The molecule has 1 fully saturated rings. The van der Waals surface area contributed by atoms with Crippen LogP contribution in [-0.2, 0) is 6.42 Å². The van der Waals surface area contributed by atoms with E-state index in [1.807, 2.05) is 46.8 Å². The van der Waals surface area contributed by atoms with Gasteiger partial charge in [0.15, 0.2) is 5.69 Å². The first-order valence-electron chi connectivity index (χ1n) is 10.1. The van der Waals surface area contributed by atoms with Crippen LogP contribution in [0.3, 0.4) is 0 Å². The van der Waals surface area contributed by atoms with Gasteiger partial charge in [0, 0.05) is 24.8 Å². The summed E-state index contributed by atoms with van der Waals surface area (Å²) in [5, 5.41) is 3.07. The van der Waals surface area contributed by atoms with Gasteiger partial charge in [-0.2, -0.15) is 0 Å². The Hall–Kier alpha value is -2.41. The Morgan fingerprint density at radius 3 is 2.53 bits per heavy atom. The Morgan fingerprint density at radius 1 is 1.10 bits per heavy atom. The van der Waals surface area contributed by atoms with Crippen LogP contribution in [0.25, 0.3) is 17.2 Å².